The first-order valence-electron chi connectivity index (χ1n) is 6.77. The second-order valence-corrected chi connectivity index (χ2v) is 10.8. The first-order chi connectivity index (χ1) is 7.82. The monoisotopic (exact) mass is 258 g/mol. The molecule has 0 rings (SSSR count). The molecule has 0 aromatic heterocycles. The van der Waals surface area contributed by atoms with Gasteiger partial charge in [-0.1, -0.05) is 38.9 Å². The van der Waals surface area contributed by atoms with Crippen molar-refractivity contribution < 1.29 is 5.11 Å². The smallest absolute Gasteiger partial charge is 0.127 e. The topological polar surface area (TPSA) is 35.8 Å². The van der Waals surface area contributed by atoms with E-state index in [1.807, 2.05) is 32.8 Å². The Morgan fingerprint density at radius 2 is 1.53 bits per heavy atom. The van der Waals surface area contributed by atoms with Crippen LogP contribution in [0.5, 0.6) is 0 Å². The van der Waals surface area contributed by atoms with E-state index < -0.39 is 13.3 Å². The van der Waals surface area contributed by atoms with E-state index in [1.165, 1.54) is 0 Å². The minimum atomic E-state index is -1.73. The lowest BCUT2D eigenvalue weighted by Gasteiger charge is -2.44. The van der Waals surface area contributed by atoms with Crippen molar-refractivity contribution in [3.05, 3.63) is 0 Å². The fraction of sp³-hybridized carbons (Fsp3) is 0.923. The molecule has 0 aliphatic carbocycles. The third-order valence-corrected chi connectivity index (χ3v) is 10.6. The minimum absolute atomic E-state index is 0.727. The Morgan fingerprint density at radius 3 is 1.76 bits per heavy atom. The van der Waals surface area contributed by atoms with Crippen LogP contribution in [0.4, 0.5) is 0 Å². The Kier molecular flexibility index (Phi) is 6.41. The highest BCUT2D eigenvalue weighted by Crippen LogP contribution is 2.33. The maximum atomic E-state index is 11.1. The fourth-order valence-electron chi connectivity index (χ4n) is 2.90. The zero-order valence-corrected chi connectivity index (χ0v) is 13.7. The second-order valence-electron chi connectivity index (χ2n) is 5.11. The van der Waals surface area contributed by atoms with Crippen LogP contribution >= 0.6 is 0 Å². The summed E-state index contributed by atoms with van der Waals surface area (Å²) in [7, 11) is 2.23. The van der Waals surface area contributed by atoms with Gasteiger partial charge in [0.25, 0.3) is 0 Å². The average molecular weight is 258 g/mol. The Balaban J connectivity index is 5.53. The number of likely N-dealkylation sites (N-methyl/N-ethyl adjacent to an activating group) is 1. The molecule has 0 aliphatic heterocycles. The van der Waals surface area contributed by atoms with Crippen LogP contribution in [-0.2, 0) is 0 Å². The number of rotatable bonds is 6. The van der Waals surface area contributed by atoms with Crippen molar-refractivity contribution in [1.82, 2.24) is 4.90 Å². The number of aliphatic hydroxyl groups is 1. The molecule has 0 aromatic rings. The molecular formula is C13H30N2OSi. The average Bonchev–Trinajstić information content (AvgIpc) is 2.28. The summed E-state index contributed by atoms with van der Waals surface area (Å²) in [5.74, 6) is 0.859. The molecule has 1 unspecified atom stereocenters. The van der Waals surface area contributed by atoms with Crippen LogP contribution in [0.15, 0.2) is 4.99 Å². The first kappa shape index (κ1) is 16.6. The van der Waals surface area contributed by atoms with Crippen molar-refractivity contribution in [2.75, 3.05) is 20.6 Å². The fourth-order valence-corrected chi connectivity index (χ4v) is 7.24. The van der Waals surface area contributed by atoms with Gasteiger partial charge < -0.3 is 10.0 Å². The van der Waals surface area contributed by atoms with Crippen molar-refractivity contribution in [2.45, 2.75) is 58.0 Å². The molecule has 0 spiro atoms. The van der Waals surface area contributed by atoms with Crippen LogP contribution in [0.2, 0.25) is 18.1 Å². The molecule has 4 heteroatoms. The summed E-state index contributed by atoms with van der Waals surface area (Å²) >= 11 is 0. The third-order valence-electron chi connectivity index (χ3n) is 4.23. The first-order valence-corrected chi connectivity index (χ1v) is 9.39. The number of aliphatic imine (C=N–C) groups is 1. The lowest BCUT2D eigenvalue weighted by molar-refractivity contribution is 0.189. The maximum Gasteiger partial charge on any atom is 0.127 e. The number of nitrogens with zero attached hydrogens (tertiary/aromatic N) is 2. The molecule has 0 aliphatic rings. The van der Waals surface area contributed by atoms with Crippen LogP contribution in [-0.4, -0.2) is 49.8 Å². The van der Waals surface area contributed by atoms with Crippen LogP contribution in [0.3, 0.4) is 0 Å². The zero-order chi connectivity index (χ0) is 13.7. The van der Waals surface area contributed by atoms with Gasteiger partial charge in [-0.05, 0) is 13.8 Å². The van der Waals surface area contributed by atoms with Gasteiger partial charge in [0.2, 0.25) is 0 Å². The molecule has 0 radical (unpaired) electrons. The van der Waals surface area contributed by atoms with Gasteiger partial charge in [-0.25, -0.2) is 0 Å². The van der Waals surface area contributed by atoms with Gasteiger partial charge in [0.15, 0.2) is 0 Å². The highest BCUT2D eigenvalue weighted by atomic mass is 28.3. The van der Waals surface area contributed by atoms with Gasteiger partial charge in [0.1, 0.15) is 11.1 Å². The molecule has 0 saturated carbocycles. The summed E-state index contributed by atoms with van der Waals surface area (Å²) in [5.41, 5.74) is 0. The van der Waals surface area contributed by atoms with Gasteiger partial charge in [-0.3, -0.25) is 4.99 Å². The molecule has 3 nitrogen and oxygen atoms in total. The van der Waals surface area contributed by atoms with Gasteiger partial charge >= 0.3 is 0 Å². The van der Waals surface area contributed by atoms with E-state index in [2.05, 4.69) is 25.8 Å². The quantitative estimate of drug-likeness (QED) is 0.452. The second kappa shape index (κ2) is 6.54. The van der Waals surface area contributed by atoms with Crippen LogP contribution in [0, 0.1) is 0 Å². The van der Waals surface area contributed by atoms with Crippen molar-refractivity contribution in [3.63, 3.8) is 0 Å². The molecule has 102 valence electrons. The lowest BCUT2D eigenvalue weighted by atomic mass is 10.3. The maximum absolute atomic E-state index is 11.1. The summed E-state index contributed by atoms with van der Waals surface area (Å²) in [6, 6.07) is 3.30. The molecule has 17 heavy (non-hydrogen) atoms. The highest BCUT2D eigenvalue weighted by Gasteiger charge is 2.49. The standard InChI is InChI=1S/C13H30N2OSi/c1-8-14-12(15(6)7)13(5,16)17(9-2,10-3)11-4/h16H,8-11H2,1-7H3. The lowest BCUT2D eigenvalue weighted by Crippen LogP contribution is -2.63. The van der Waals surface area contributed by atoms with Crippen molar-refractivity contribution in [2.24, 2.45) is 4.99 Å². The van der Waals surface area contributed by atoms with E-state index in [9.17, 15) is 5.11 Å². The Bertz CT molecular complexity index is 250. The number of amidine groups is 1. The highest BCUT2D eigenvalue weighted by molar-refractivity contribution is 6.85. The zero-order valence-electron chi connectivity index (χ0n) is 12.7. The van der Waals surface area contributed by atoms with E-state index in [1.54, 1.807) is 0 Å². The number of hydrogen-bond acceptors (Lipinski definition) is 2. The molecule has 0 aromatic carbocycles. The summed E-state index contributed by atoms with van der Waals surface area (Å²) in [6.45, 7) is 11.4. The van der Waals surface area contributed by atoms with Gasteiger partial charge in [0.05, 0.1) is 8.07 Å². The van der Waals surface area contributed by atoms with Crippen LogP contribution in [0.25, 0.3) is 0 Å². The SMILES string of the molecule is CCN=C(N(C)C)C(C)(O)[Si](CC)(CC)CC. The van der Waals surface area contributed by atoms with E-state index in [-0.39, 0.29) is 0 Å². The van der Waals surface area contributed by atoms with Crippen LogP contribution in [0.1, 0.15) is 34.6 Å². The molecule has 0 amide bonds. The molecule has 0 bridgehead atoms. The van der Waals surface area contributed by atoms with Crippen molar-refractivity contribution >= 4 is 13.9 Å². The molecule has 0 saturated heterocycles. The molecule has 1 N–H and O–H groups in total. The Morgan fingerprint density at radius 1 is 1.12 bits per heavy atom. The van der Waals surface area contributed by atoms with Crippen LogP contribution < -0.4 is 0 Å². The molecule has 1 atom stereocenters. The largest absolute Gasteiger partial charge is 0.386 e. The Hall–Kier alpha value is -0.353. The van der Waals surface area contributed by atoms with E-state index in [0.717, 1.165) is 30.5 Å². The summed E-state index contributed by atoms with van der Waals surface area (Å²) in [6.07, 6.45) is 0. The van der Waals surface area contributed by atoms with E-state index in [4.69, 9.17) is 0 Å². The van der Waals surface area contributed by atoms with E-state index >= 15 is 0 Å². The van der Waals surface area contributed by atoms with Gasteiger partial charge in [-0.2, -0.15) is 0 Å². The minimum Gasteiger partial charge on any atom is -0.386 e. The van der Waals surface area contributed by atoms with Crippen molar-refractivity contribution in [3.8, 4) is 0 Å². The predicted octanol–water partition coefficient (Wildman–Crippen LogP) is 2.77. The van der Waals surface area contributed by atoms with E-state index in [0.29, 0.717) is 0 Å². The predicted molar refractivity (Wildman–Crippen MR) is 79.5 cm³/mol. The number of hydrogen-bond donors (Lipinski definition) is 1. The van der Waals surface area contributed by atoms with Crippen molar-refractivity contribution in [1.29, 1.82) is 0 Å². The molecular weight excluding hydrogens is 228 g/mol. The summed E-state index contributed by atoms with van der Waals surface area (Å²) < 4.78 is 0. The van der Waals surface area contributed by atoms with Gasteiger partial charge in [0, 0.05) is 20.6 Å². The third kappa shape index (κ3) is 3.10. The molecule has 0 fully saturated rings. The molecule has 0 heterocycles. The summed E-state index contributed by atoms with van der Waals surface area (Å²) in [5, 5.41) is 10.3. The Labute approximate surface area is 108 Å². The summed E-state index contributed by atoms with van der Waals surface area (Å²) in [4.78, 5) is 6.51. The van der Waals surface area contributed by atoms with Gasteiger partial charge in [-0.15, -0.1) is 0 Å². The normalized spacial score (nSPS) is 16.8.